The molecule has 1 saturated carbocycles. The molecule has 0 radical (unpaired) electrons. The Morgan fingerprint density at radius 3 is 2.43 bits per heavy atom. The van der Waals surface area contributed by atoms with Crippen LogP contribution in [0.15, 0.2) is 24.3 Å². The Labute approximate surface area is 166 Å². The SMILES string of the molecule is CC(C)(N)[C@H](NC(=O)c1ccc(C#CC#CCC2CCCC2)cc1)C(=O)NO. The highest BCUT2D eigenvalue weighted by atomic mass is 16.5. The molecular weight excluding hydrogens is 354 g/mol. The Balaban J connectivity index is 1.96. The van der Waals surface area contributed by atoms with Gasteiger partial charge in [0.15, 0.2) is 0 Å². The zero-order chi connectivity index (χ0) is 20.6. The van der Waals surface area contributed by atoms with Gasteiger partial charge in [-0.2, -0.15) is 0 Å². The van der Waals surface area contributed by atoms with Gasteiger partial charge in [0.25, 0.3) is 11.8 Å². The molecule has 1 aromatic rings. The topological polar surface area (TPSA) is 104 Å². The highest BCUT2D eigenvalue weighted by Crippen LogP contribution is 2.26. The van der Waals surface area contributed by atoms with Gasteiger partial charge in [0.1, 0.15) is 6.04 Å². The number of benzene rings is 1. The molecule has 0 bridgehead atoms. The molecule has 2 rings (SSSR count). The van der Waals surface area contributed by atoms with Crippen LogP contribution in [0.25, 0.3) is 0 Å². The van der Waals surface area contributed by atoms with Gasteiger partial charge in [-0.15, -0.1) is 0 Å². The Morgan fingerprint density at radius 1 is 1.21 bits per heavy atom. The van der Waals surface area contributed by atoms with Crippen molar-refractivity contribution in [1.29, 1.82) is 0 Å². The molecule has 1 aliphatic rings. The van der Waals surface area contributed by atoms with Gasteiger partial charge in [-0.3, -0.25) is 14.8 Å². The second-order valence-corrected chi connectivity index (χ2v) is 7.69. The van der Waals surface area contributed by atoms with Crippen LogP contribution >= 0.6 is 0 Å². The number of hydrogen-bond acceptors (Lipinski definition) is 4. The highest BCUT2D eigenvalue weighted by molar-refractivity contribution is 5.97. The van der Waals surface area contributed by atoms with Gasteiger partial charge in [-0.05, 0) is 68.7 Å². The zero-order valence-corrected chi connectivity index (χ0v) is 16.3. The Bertz CT molecular complexity index is 811. The van der Waals surface area contributed by atoms with E-state index in [0.29, 0.717) is 5.56 Å². The van der Waals surface area contributed by atoms with Crippen LogP contribution in [0.3, 0.4) is 0 Å². The first-order valence-electron chi connectivity index (χ1n) is 9.44. The predicted molar refractivity (Wildman–Crippen MR) is 107 cm³/mol. The molecule has 148 valence electrons. The van der Waals surface area contributed by atoms with Crippen LogP contribution in [0.4, 0.5) is 0 Å². The maximum Gasteiger partial charge on any atom is 0.267 e. The van der Waals surface area contributed by atoms with Crippen molar-refractivity contribution in [3.63, 3.8) is 0 Å². The Hall–Kier alpha value is -2.80. The average molecular weight is 381 g/mol. The van der Waals surface area contributed by atoms with E-state index in [2.05, 4.69) is 29.0 Å². The van der Waals surface area contributed by atoms with Gasteiger partial charge in [0, 0.05) is 23.1 Å². The fourth-order valence-electron chi connectivity index (χ4n) is 3.13. The van der Waals surface area contributed by atoms with Crippen molar-refractivity contribution < 1.29 is 14.8 Å². The molecule has 0 unspecified atom stereocenters. The van der Waals surface area contributed by atoms with Crippen LogP contribution in [-0.2, 0) is 4.79 Å². The fourth-order valence-corrected chi connectivity index (χ4v) is 3.13. The number of rotatable bonds is 5. The lowest BCUT2D eigenvalue weighted by atomic mass is 9.95. The fraction of sp³-hybridized carbons (Fsp3) is 0.455. The first-order chi connectivity index (χ1) is 13.3. The normalized spacial score (nSPS) is 14.9. The van der Waals surface area contributed by atoms with Crippen LogP contribution in [0.2, 0.25) is 0 Å². The number of hydrogen-bond donors (Lipinski definition) is 4. The van der Waals surface area contributed by atoms with E-state index in [-0.39, 0.29) is 0 Å². The third kappa shape index (κ3) is 6.42. The van der Waals surface area contributed by atoms with E-state index >= 15 is 0 Å². The van der Waals surface area contributed by atoms with Crippen molar-refractivity contribution in [2.24, 2.45) is 11.7 Å². The monoisotopic (exact) mass is 381 g/mol. The van der Waals surface area contributed by atoms with E-state index in [1.165, 1.54) is 31.2 Å². The van der Waals surface area contributed by atoms with Gasteiger partial charge >= 0.3 is 0 Å². The minimum absolute atomic E-state index is 0.359. The molecule has 0 aliphatic heterocycles. The molecule has 28 heavy (non-hydrogen) atoms. The van der Waals surface area contributed by atoms with Crippen LogP contribution in [0, 0.1) is 29.6 Å². The van der Waals surface area contributed by atoms with Crippen molar-refractivity contribution in [3.05, 3.63) is 35.4 Å². The molecule has 1 aromatic carbocycles. The summed E-state index contributed by atoms with van der Waals surface area (Å²) in [6.07, 6.45) is 6.08. The number of nitrogens with one attached hydrogen (secondary N) is 2. The van der Waals surface area contributed by atoms with Gasteiger partial charge in [0.05, 0.1) is 0 Å². The molecule has 0 aromatic heterocycles. The van der Waals surface area contributed by atoms with Crippen molar-refractivity contribution >= 4 is 11.8 Å². The molecule has 6 heteroatoms. The number of hydroxylamine groups is 1. The molecule has 0 spiro atoms. The lowest BCUT2D eigenvalue weighted by Gasteiger charge is -2.29. The lowest BCUT2D eigenvalue weighted by Crippen LogP contribution is -2.61. The molecule has 0 heterocycles. The van der Waals surface area contributed by atoms with Gasteiger partial charge in [0.2, 0.25) is 0 Å². The molecule has 0 saturated heterocycles. The van der Waals surface area contributed by atoms with Crippen LogP contribution in [-0.4, -0.2) is 28.6 Å². The van der Waals surface area contributed by atoms with E-state index in [4.69, 9.17) is 10.9 Å². The minimum atomic E-state index is -1.08. The predicted octanol–water partition coefficient (Wildman–Crippen LogP) is 1.96. The summed E-state index contributed by atoms with van der Waals surface area (Å²) in [5.74, 6) is 11.3. The smallest absolute Gasteiger partial charge is 0.267 e. The molecule has 6 nitrogen and oxygen atoms in total. The van der Waals surface area contributed by atoms with E-state index in [1.807, 2.05) is 0 Å². The van der Waals surface area contributed by atoms with Crippen LogP contribution in [0.5, 0.6) is 0 Å². The molecule has 5 N–H and O–H groups in total. The highest BCUT2D eigenvalue weighted by Gasteiger charge is 2.33. The summed E-state index contributed by atoms with van der Waals surface area (Å²) in [4.78, 5) is 24.1. The lowest BCUT2D eigenvalue weighted by molar-refractivity contribution is -0.132. The summed E-state index contributed by atoms with van der Waals surface area (Å²) >= 11 is 0. The summed E-state index contributed by atoms with van der Waals surface area (Å²) < 4.78 is 0. The van der Waals surface area contributed by atoms with Gasteiger partial charge in [-0.1, -0.05) is 24.7 Å². The maximum absolute atomic E-state index is 12.4. The van der Waals surface area contributed by atoms with Gasteiger partial charge in [-0.25, -0.2) is 5.48 Å². The molecule has 1 fully saturated rings. The Kier molecular flexibility index (Phi) is 7.63. The van der Waals surface area contributed by atoms with Crippen molar-refractivity contribution in [2.45, 2.75) is 57.5 Å². The molecule has 2 amide bonds. The second kappa shape index (κ2) is 9.94. The van der Waals surface area contributed by atoms with Crippen LogP contribution < -0.4 is 16.5 Å². The van der Waals surface area contributed by atoms with Crippen LogP contribution in [0.1, 0.15) is 61.9 Å². The summed E-state index contributed by atoms with van der Waals surface area (Å²) in [6.45, 7) is 3.17. The van der Waals surface area contributed by atoms with E-state index in [1.54, 1.807) is 38.1 Å². The van der Waals surface area contributed by atoms with E-state index in [9.17, 15) is 9.59 Å². The molecule has 1 atom stereocenters. The number of carbonyl (C=O) groups excluding carboxylic acids is 2. The maximum atomic E-state index is 12.4. The third-order valence-corrected chi connectivity index (χ3v) is 4.76. The molecule has 1 aliphatic carbocycles. The minimum Gasteiger partial charge on any atom is -0.338 e. The first-order valence-corrected chi connectivity index (χ1v) is 9.44. The van der Waals surface area contributed by atoms with E-state index in [0.717, 1.165) is 17.9 Å². The largest absolute Gasteiger partial charge is 0.338 e. The summed E-state index contributed by atoms with van der Waals surface area (Å²) in [5.41, 5.74) is 7.49. The van der Waals surface area contributed by atoms with Crippen molar-refractivity contribution in [1.82, 2.24) is 10.8 Å². The number of amides is 2. The number of nitrogens with two attached hydrogens (primary N) is 1. The number of carbonyl (C=O) groups is 2. The third-order valence-electron chi connectivity index (χ3n) is 4.76. The van der Waals surface area contributed by atoms with E-state index < -0.39 is 23.4 Å². The summed E-state index contributed by atoms with van der Waals surface area (Å²) in [7, 11) is 0. The summed E-state index contributed by atoms with van der Waals surface area (Å²) in [5, 5.41) is 11.4. The van der Waals surface area contributed by atoms with Gasteiger partial charge < -0.3 is 11.1 Å². The first kappa shape index (κ1) is 21.5. The zero-order valence-electron chi connectivity index (χ0n) is 16.3. The molecular formula is C22H27N3O3. The Morgan fingerprint density at radius 2 is 1.86 bits per heavy atom. The standard InChI is InChI=1S/C22H27N3O3/c1-22(2,23)19(21(27)25-28)24-20(26)18-14-12-17(13-15-18)9-5-3-4-8-16-10-6-7-11-16/h12-16,19,28H,6-8,10-11,23H2,1-2H3,(H,24,26)(H,25,27)/t19-/m1/s1. The van der Waals surface area contributed by atoms with Crippen molar-refractivity contribution in [3.8, 4) is 23.7 Å². The second-order valence-electron chi connectivity index (χ2n) is 7.69. The average Bonchev–Trinajstić information content (AvgIpc) is 3.18. The quantitative estimate of drug-likeness (QED) is 0.355. The summed E-state index contributed by atoms with van der Waals surface area (Å²) in [6, 6.07) is 5.58. The van der Waals surface area contributed by atoms with Crippen molar-refractivity contribution in [2.75, 3.05) is 0 Å².